The third kappa shape index (κ3) is 1.52. The summed E-state index contributed by atoms with van der Waals surface area (Å²) in [5, 5.41) is 10.8. The van der Waals surface area contributed by atoms with Crippen LogP contribution in [0.15, 0.2) is 12.1 Å². The third-order valence-electron chi connectivity index (χ3n) is 2.79. The fourth-order valence-electron chi connectivity index (χ4n) is 1.97. The van der Waals surface area contributed by atoms with E-state index in [2.05, 4.69) is 0 Å². The Balaban J connectivity index is 2.65. The summed E-state index contributed by atoms with van der Waals surface area (Å²) in [7, 11) is 0. The van der Waals surface area contributed by atoms with Crippen molar-refractivity contribution in [1.29, 1.82) is 0 Å². The Morgan fingerprint density at radius 2 is 2.13 bits per heavy atom. The lowest BCUT2D eigenvalue weighted by Crippen LogP contribution is -1.99. The average Bonchev–Trinajstić information content (AvgIpc) is 2.59. The summed E-state index contributed by atoms with van der Waals surface area (Å²) in [6, 6.07) is 3.37. The predicted octanol–water partition coefficient (Wildman–Crippen LogP) is 2.29. The average molecular weight is 205 g/mol. The predicted molar refractivity (Wildman–Crippen MR) is 55.1 cm³/mol. The fraction of sp³-hybridized carbons (Fsp3) is 0.364. The zero-order valence-corrected chi connectivity index (χ0v) is 8.45. The highest BCUT2D eigenvalue weighted by atomic mass is 16.6. The number of carbonyl (C=O) groups excluding carboxylic acids is 1. The van der Waals surface area contributed by atoms with Gasteiger partial charge in [0.25, 0.3) is 5.69 Å². The molecule has 1 aliphatic carbocycles. The van der Waals surface area contributed by atoms with Crippen molar-refractivity contribution in [3.05, 3.63) is 38.9 Å². The van der Waals surface area contributed by atoms with Crippen LogP contribution in [0.5, 0.6) is 0 Å². The van der Waals surface area contributed by atoms with Gasteiger partial charge in [0.1, 0.15) is 0 Å². The Morgan fingerprint density at radius 1 is 1.40 bits per heavy atom. The minimum Gasteiger partial charge on any atom is -0.294 e. The highest BCUT2D eigenvalue weighted by Gasteiger charge is 2.28. The minimum absolute atomic E-state index is 0.0309. The maximum absolute atomic E-state index is 11.5. The van der Waals surface area contributed by atoms with Crippen LogP contribution in [0.4, 0.5) is 5.69 Å². The molecular weight excluding hydrogens is 194 g/mol. The molecule has 1 aromatic rings. The van der Waals surface area contributed by atoms with E-state index >= 15 is 0 Å². The van der Waals surface area contributed by atoms with Gasteiger partial charge in [-0.25, -0.2) is 0 Å². The van der Waals surface area contributed by atoms with Gasteiger partial charge in [0.2, 0.25) is 0 Å². The van der Waals surface area contributed by atoms with Gasteiger partial charge in [-0.2, -0.15) is 0 Å². The topological polar surface area (TPSA) is 60.2 Å². The van der Waals surface area contributed by atoms with Crippen molar-refractivity contribution in [2.24, 2.45) is 0 Å². The van der Waals surface area contributed by atoms with E-state index in [0.29, 0.717) is 30.4 Å². The second-order valence-electron chi connectivity index (χ2n) is 3.67. The molecule has 0 bridgehead atoms. The molecule has 4 heteroatoms. The quantitative estimate of drug-likeness (QED) is 0.549. The molecule has 0 saturated carbocycles. The van der Waals surface area contributed by atoms with E-state index in [-0.39, 0.29) is 11.5 Å². The molecule has 0 heterocycles. The van der Waals surface area contributed by atoms with Crippen LogP contribution >= 0.6 is 0 Å². The lowest BCUT2D eigenvalue weighted by molar-refractivity contribution is -0.385. The number of carbonyl (C=O) groups is 1. The number of nitro groups is 1. The minimum atomic E-state index is -0.392. The van der Waals surface area contributed by atoms with Gasteiger partial charge in [-0.1, -0.05) is 6.92 Å². The molecule has 0 N–H and O–H groups in total. The molecular formula is C11H11NO3. The number of aryl methyl sites for hydroxylation is 1. The van der Waals surface area contributed by atoms with Crippen LogP contribution in [0.3, 0.4) is 0 Å². The van der Waals surface area contributed by atoms with Gasteiger partial charge < -0.3 is 0 Å². The summed E-state index contributed by atoms with van der Waals surface area (Å²) >= 11 is 0. The number of hydrogen-bond acceptors (Lipinski definition) is 3. The molecule has 1 aromatic carbocycles. The smallest absolute Gasteiger partial charge is 0.273 e. The van der Waals surface area contributed by atoms with Crippen molar-refractivity contribution < 1.29 is 9.72 Å². The van der Waals surface area contributed by atoms with Crippen LogP contribution in [-0.4, -0.2) is 10.7 Å². The highest BCUT2D eigenvalue weighted by Crippen LogP contribution is 2.31. The fourth-order valence-corrected chi connectivity index (χ4v) is 1.97. The first-order valence-electron chi connectivity index (χ1n) is 4.97. The van der Waals surface area contributed by atoms with Crippen molar-refractivity contribution in [3.63, 3.8) is 0 Å². The largest absolute Gasteiger partial charge is 0.294 e. The lowest BCUT2D eigenvalue weighted by Gasteiger charge is -2.03. The molecule has 15 heavy (non-hydrogen) atoms. The molecule has 0 fully saturated rings. The highest BCUT2D eigenvalue weighted by molar-refractivity contribution is 6.01. The molecule has 0 spiro atoms. The SMILES string of the molecule is CCc1cc2c(c([N+](=O)[O-])c1)CCC2=O. The number of nitrogens with zero attached hydrogens (tertiary/aromatic N) is 1. The number of nitro benzene ring substituents is 1. The summed E-state index contributed by atoms with van der Waals surface area (Å²) in [4.78, 5) is 21.9. The van der Waals surface area contributed by atoms with E-state index < -0.39 is 4.92 Å². The number of fused-ring (bicyclic) bond motifs is 1. The number of benzene rings is 1. The van der Waals surface area contributed by atoms with Gasteiger partial charge in [0.15, 0.2) is 5.78 Å². The van der Waals surface area contributed by atoms with Gasteiger partial charge in [0, 0.05) is 23.6 Å². The molecule has 0 unspecified atom stereocenters. The van der Waals surface area contributed by atoms with Crippen molar-refractivity contribution >= 4 is 11.5 Å². The molecule has 1 aliphatic rings. The number of rotatable bonds is 2. The molecule has 0 aromatic heterocycles. The van der Waals surface area contributed by atoms with E-state index in [1.807, 2.05) is 6.92 Å². The molecule has 2 rings (SSSR count). The molecule has 0 aliphatic heterocycles. The zero-order valence-electron chi connectivity index (χ0n) is 8.45. The first-order valence-corrected chi connectivity index (χ1v) is 4.97. The molecule has 0 radical (unpaired) electrons. The van der Waals surface area contributed by atoms with Crippen LogP contribution in [0.2, 0.25) is 0 Å². The Bertz CT molecular complexity index is 451. The molecule has 4 nitrogen and oxygen atoms in total. The van der Waals surface area contributed by atoms with Gasteiger partial charge >= 0.3 is 0 Å². The zero-order chi connectivity index (χ0) is 11.0. The molecule has 0 saturated heterocycles. The Kier molecular flexibility index (Phi) is 2.26. The Hall–Kier alpha value is -1.71. The monoisotopic (exact) mass is 205 g/mol. The van der Waals surface area contributed by atoms with E-state index in [0.717, 1.165) is 5.56 Å². The van der Waals surface area contributed by atoms with E-state index in [4.69, 9.17) is 0 Å². The summed E-state index contributed by atoms with van der Waals surface area (Å²) < 4.78 is 0. The maximum Gasteiger partial charge on any atom is 0.273 e. The maximum atomic E-state index is 11.5. The normalized spacial score (nSPS) is 14.1. The number of hydrogen-bond donors (Lipinski definition) is 0. The lowest BCUT2D eigenvalue weighted by atomic mass is 10.0. The standard InChI is InChI=1S/C11H11NO3/c1-2-7-5-9-8(3-4-11(9)13)10(6-7)12(14)15/h5-6H,2-4H2,1H3. The first kappa shape index (κ1) is 9.83. The van der Waals surface area contributed by atoms with E-state index in [1.54, 1.807) is 12.1 Å². The summed E-state index contributed by atoms with van der Waals surface area (Å²) in [6.45, 7) is 1.92. The number of ketones is 1. The number of Topliss-reactive ketones (excluding diaryl/α,β-unsaturated/α-hetero) is 1. The van der Waals surface area contributed by atoms with E-state index in [9.17, 15) is 14.9 Å². The van der Waals surface area contributed by atoms with Crippen LogP contribution in [0, 0.1) is 10.1 Å². The molecule has 0 amide bonds. The molecule has 0 atom stereocenters. The first-order chi connectivity index (χ1) is 7.13. The third-order valence-corrected chi connectivity index (χ3v) is 2.79. The van der Waals surface area contributed by atoms with Crippen molar-refractivity contribution in [2.75, 3.05) is 0 Å². The van der Waals surface area contributed by atoms with Gasteiger partial charge in [0.05, 0.1) is 4.92 Å². The summed E-state index contributed by atoms with van der Waals surface area (Å²) in [6.07, 6.45) is 1.62. The van der Waals surface area contributed by atoms with Crippen LogP contribution < -0.4 is 0 Å². The summed E-state index contributed by atoms with van der Waals surface area (Å²) in [5.74, 6) is 0.0309. The van der Waals surface area contributed by atoms with Crippen LogP contribution in [0.1, 0.15) is 34.8 Å². The van der Waals surface area contributed by atoms with Crippen molar-refractivity contribution in [2.45, 2.75) is 26.2 Å². The van der Waals surface area contributed by atoms with Crippen LogP contribution in [-0.2, 0) is 12.8 Å². The Labute approximate surface area is 87.1 Å². The van der Waals surface area contributed by atoms with Gasteiger partial charge in [-0.15, -0.1) is 0 Å². The van der Waals surface area contributed by atoms with Crippen LogP contribution in [0.25, 0.3) is 0 Å². The van der Waals surface area contributed by atoms with Gasteiger partial charge in [-0.05, 0) is 24.5 Å². The second kappa shape index (κ2) is 3.46. The summed E-state index contributed by atoms with van der Waals surface area (Å²) in [5.41, 5.74) is 2.13. The van der Waals surface area contributed by atoms with Crippen molar-refractivity contribution in [3.8, 4) is 0 Å². The van der Waals surface area contributed by atoms with E-state index in [1.165, 1.54) is 0 Å². The second-order valence-corrected chi connectivity index (χ2v) is 3.67. The van der Waals surface area contributed by atoms with Crippen molar-refractivity contribution in [1.82, 2.24) is 0 Å². The Morgan fingerprint density at radius 3 is 2.73 bits per heavy atom. The molecule has 78 valence electrons. The van der Waals surface area contributed by atoms with Gasteiger partial charge in [-0.3, -0.25) is 14.9 Å².